The average Bonchev–Trinajstić information content (AvgIpc) is 2.76. The van der Waals surface area contributed by atoms with Crippen molar-refractivity contribution < 1.29 is 4.74 Å². The second-order valence-electron chi connectivity index (χ2n) is 3.75. The molecule has 3 rings (SSSR count). The first kappa shape index (κ1) is 9.56. The fourth-order valence-electron chi connectivity index (χ4n) is 1.85. The van der Waals surface area contributed by atoms with Gasteiger partial charge in [0.05, 0.1) is 12.3 Å². The maximum Gasteiger partial charge on any atom is 0.274 e. The highest BCUT2D eigenvalue weighted by Gasteiger charge is 2.19. The molecule has 0 radical (unpaired) electrons. The summed E-state index contributed by atoms with van der Waals surface area (Å²) in [5.41, 5.74) is 1.34. The summed E-state index contributed by atoms with van der Waals surface area (Å²) in [6.45, 7) is 2.27. The molecule has 1 atom stereocenters. The van der Waals surface area contributed by atoms with E-state index in [0.717, 1.165) is 18.8 Å². The summed E-state index contributed by atoms with van der Waals surface area (Å²) in [7, 11) is 0. The molecule has 6 nitrogen and oxygen atoms in total. The Bertz CT molecular complexity index is 553. The van der Waals surface area contributed by atoms with Crippen LogP contribution in [0.3, 0.4) is 0 Å². The summed E-state index contributed by atoms with van der Waals surface area (Å²) in [6.07, 6.45) is 1.55. The number of ether oxygens (including phenoxy) is 1. The molecule has 2 N–H and O–H groups in total. The second-order valence-corrected chi connectivity index (χ2v) is 3.75. The Hall–Kier alpha value is -1.66. The van der Waals surface area contributed by atoms with Gasteiger partial charge in [0.2, 0.25) is 0 Å². The van der Waals surface area contributed by atoms with Crippen molar-refractivity contribution in [3.05, 3.63) is 34.4 Å². The van der Waals surface area contributed by atoms with Crippen molar-refractivity contribution >= 4 is 5.65 Å². The van der Waals surface area contributed by atoms with Crippen LogP contribution in [0.4, 0.5) is 0 Å². The zero-order valence-electron chi connectivity index (χ0n) is 8.64. The molecule has 1 aliphatic heterocycles. The standard InChI is InChI=1S/C10H12N4O2/c15-10-1-2-12-9-5-7(13-14(9)10)8-6-11-3-4-16-8/h1-2,5,8,11-12H,3-4,6H2. The Morgan fingerprint density at radius 1 is 1.56 bits per heavy atom. The highest BCUT2D eigenvalue weighted by atomic mass is 16.5. The predicted octanol–water partition coefficient (Wildman–Crippen LogP) is -0.317. The van der Waals surface area contributed by atoms with Crippen LogP contribution in [0.2, 0.25) is 0 Å². The molecule has 3 heterocycles. The van der Waals surface area contributed by atoms with Gasteiger partial charge in [-0.05, 0) is 0 Å². The number of hydrogen-bond acceptors (Lipinski definition) is 4. The van der Waals surface area contributed by atoms with Gasteiger partial charge in [-0.3, -0.25) is 4.79 Å². The zero-order chi connectivity index (χ0) is 11.0. The normalized spacial score (nSPS) is 21.4. The monoisotopic (exact) mass is 220 g/mol. The third-order valence-corrected chi connectivity index (χ3v) is 2.65. The van der Waals surface area contributed by atoms with Gasteiger partial charge in [-0.15, -0.1) is 0 Å². The minimum atomic E-state index is -0.135. The lowest BCUT2D eigenvalue weighted by Crippen LogP contribution is -2.33. The lowest BCUT2D eigenvalue weighted by molar-refractivity contribution is 0.0248. The van der Waals surface area contributed by atoms with Gasteiger partial charge in [0.15, 0.2) is 0 Å². The molecule has 1 unspecified atom stereocenters. The van der Waals surface area contributed by atoms with Crippen LogP contribution in [0.1, 0.15) is 11.8 Å². The molecule has 1 aliphatic rings. The first-order chi connectivity index (χ1) is 7.84. The Labute approximate surface area is 91.2 Å². The number of hydrogen-bond donors (Lipinski definition) is 2. The van der Waals surface area contributed by atoms with Crippen molar-refractivity contribution in [2.75, 3.05) is 19.7 Å². The number of H-pyrrole nitrogens is 1. The Balaban J connectivity index is 2.04. The molecule has 0 aromatic carbocycles. The van der Waals surface area contributed by atoms with Crippen LogP contribution in [-0.2, 0) is 4.74 Å². The third kappa shape index (κ3) is 1.52. The molecule has 6 heteroatoms. The number of aromatic amines is 1. The number of nitrogens with one attached hydrogen (secondary N) is 2. The molecule has 16 heavy (non-hydrogen) atoms. The van der Waals surface area contributed by atoms with Crippen molar-refractivity contribution in [1.29, 1.82) is 0 Å². The number of nitrogens with zero attached hydrogens (tertiary/aromatic N) is 2. The van der Waals surface area contributed by atoms with E-state index in [0.29, 0.717) is 12.3 Å². The molecular weight excluding hydrogens is 208 g/mol. The van der Waals surface area contributed by atoms with Gasteiger partial charge in [0, 0.05) is 31.4 Å². The van der Waals surface area contributed by atoms with Gasteiger partial charge < -0.3 is 15.0 Å². The summed E-state index contributed by atoms with van der Waals surface area (Å²) in [4.78, 5) is 14.5. The maximum absolute atomic E-state index is 11.5. The molecule has 0 aliphatic carbocycles. The molecule has 2 aromatic rings. The van der Waals surface area contributed by atoms with Gasteiger partial charge in [-0.1, -0.05) is 0 Å². The van der Waals surface area contributed by atoms with Crippen molar-refractivity contribution in [2.45, 2.75) is 6.10 Å². The molecule has 0 amide bonds. The van der Waals surface area contributed by atoms with Crippen LogP contribution < -0.4 is 10.9 Å². The largest absolute Gasteiger partial charge is 0.369 e. The zero-order valence-corrected chi connectivity index (χ0v) is 8.64. The van der Waals surface area contributed by atoms with Crippen LogP contribution in [0.15, 0.2) is 23.1 Å². The lowest BCUT2D eigenvalue weighted by atomic mass is 10.2. The molecule has 0 saturated carbocycles. The molecule has 1 saturated heterocycles. The minimum absolute atomic E-state index is 0.0681. The van der Waals surface area contributed by atoms with E-state index in [9.17, 15) is 4.79 Å². The molecular formula is C10H12N4O2. The van der Waals surface area contributed by atoms with Crippen LogP contribution >= 0.6 is 0 Å². The molecule has 0 bridgehead atoms. The number of aromatic nitrogens is 3. The van der Waals surface area contributed by atoms with Crippen molar-refractivity contribution in [2.24, 2.45) is 0 Å². The van der Waals surface area contributed by atoms with E-state index in [1.807, 2.05) is 6.07 Å². The van der Waals surface area contributed by atoms with E-state index in [-0.39, 0.29) is 11.7 Å². The second kappa shape index (κ2) is 3.73. The summed E-state index contributed by atoms with van der Waals surface area (Å²) >= 11 is 0. The van der Waals surface area contributed by atoms with Crippen LogP contribution in [0.5, 0.6) is 0 Å². The van der Waals surface area contributed by atoms with Gasteiger partial charge in [-0.25, -0.2) is 0 Å². The Morgan fingerprint density at radius 2 is 2.50 bits per heavy atom. The topological polar surface area (TPSA) is 71.4 Å². The summed E-state index contributed by atoms with van der Waals surface area (Å²) < 4.78 is 6.93. The van der Waals surface area contributed by atoms with E-state index in [1.54, 1.807) is 6.20 Å². The van der Waals surface area contributed by atoms with Gasteiger partial charge in [-0.2, -0.15) is 9.61 Å². The first-order valence-electron chi connectivity index (χ1n) is 5.24. The fraction of sp³-hybridized carbons (Fsp3) is 0.400. The summed E-state index contributed by atoms with van der Waals surface area (Å²) in [5.74, 6) is 0. The van der Waals surface area contributed by atoms with Crippen LogP contribution in [0, 0.1) is 0 Å². The van der Waals surface area contributed by atoms with Gasteiger partial charge in [0.1, 0.15) is 11.8 Å². The number of rotatable bonds is 1. The predicted molar refractivity (Wildman–Crippen MR) is 57.4 cm³/mol. The van der Waals surface area contributed by atoms with E-state index in [2.05, 4.69) is 15.4 Å². The SMILES string of the molecule is O=c1cc[nH]c2cc(C3CNCCO3)nn12. The van der Waals surface area contributed by atoms with E-state index < -0.39 is 0 Å². The smallest absolute Gasteiger partial charge is 0.274 e. The minimum Gasteiger partial charge on any atom is -0.369 e. The Kier molecular flexibility index (Phi) is 2.23. The number of fused-ring (bicyclic) bond motifs is 1. The fourth-order valence-corrected chi connectivity index (χ4v) is 1.85. The van der Waals surface area contributed by atoms with Gasteiger partial charge in [0.25, 0.3) is 5.56 Å². The molecule has 0 spiro atoms. The average molecular weight is 220 g/mol. The van der Waals surface area contributed by atoms with Crippen molar-refractivity contribution in [1.82, 2.24) is 19.9 Å². The quantitative estimate of drug-likeness (QED) is 0.691. The highest BCUT2D eigenvalue weighted by Crippen LogP contribution is 2.17. The molecule has 1 fully saturated rings. The molecule has 2 aromatic heterocycles. The summed E-state index contributed by atoms with van der Waals surface area (Å²) in [6, 6.07) is 3.29. The Morgan fingerprint density at radius 3 is 3.25 bits per heavy atom. The van der Waals surface area contributed by atoms with E-state index >= 15 is 0 Å². The maximum atomic E-state index is 11.5. The summed E-state index contributed by atoms with van der Waals surface area (Å²) in [5, 5.41) is 7.47. The molecule has 84 valence electrons. The van der Waals surface area contributed by atoms with Crippen molar-refractivity contribution in [3.63, 3.8) is 0 Å². The first-order valence-corrected chi connectivity index (χ1v) is 5.24. The van der Waals surface area contributed by atoms with Gasteiger partial charge >= 0.3 is 0 Å². The van der Waals surface area contributed by atoms with E-state index in [4.69, 9.17) is 4.74 Å². The third-order valence-electron chi connectivity index (χ3n) is 2.65. The van der Waals surface area contributed by atoms with Crippen LogP contribution in [-0.4, -0.2) is 34.3 Å². The van der Waals surface area contributed by atoms with E-state index in [1.165, 1.54) is 10.6 Å². The highest BCUT2D eigenvalue weighted by molar-refractivity contribution is 5.39. The van der Waals surface area contributed by atoms with Crippen molar-refractivity contribution in [3.8, 4) is 0 Å². The van der Waals surface area contributed by atoms with Crippen LogP contribution in [0.25, 0.3) is 5.65 Å². The number of morpholine rings is 1. The lowest BCUT2D eigenvalue weighted by Gasteiger charge is -2.21.